The lowest BCUT2D eigenvalue weighted by Crippen LogP contribution is -2.41. The van der Waals surface area contributed by atoms with Crippen molar-refractivity contribution in [2.75, 3.05) is 32.0 Å². The number of hydrogen-bond donors (Lipinski definition) is 1. The molecule has 1 aromatic rings. The highest BCUT2D eigenvalue weighted by Gasteiger charge is 2.32. The number of piperidine rings is 1. The Morgan fingerprint density at radius 2 is 1.71 bits per heavy atom. The molecule has 4 rings (SSSR count). The first-order valence-electron chi connectivity index (χ1n) is 11.6. The molecule has 1 aromatic heterocycles. The molecule has 1 N–H and O–H groups in total. The van der Waals surface area contributed by atoms with Crippen LogP contribution in [-0.2, 0) is 22.6 Å². The van der Waals surface area contributed by atoms with Crippen LogP contribution in [0.4, 0.5) is 5.82 Å². The van der Waals surface area contributed by atoms with E-state index in [4.69, 9.17) is 9.97 Å². The third kappa shape index (κ3) is 4.46. The van der Waals surface area contributed by atoms with Crippen molar-refractivity contribution in [3.05, 3.63) is 28.2 Å². The second kappa shape index (κ2) is 8.97. The zero-order valence-corrected chi connectivity index (χ0v) is 19.3. The minimum Gasteiger partial charge on any atom is -0.373 e. The Morgan fingerprint density at radius 1 is 0.968 bits per heavy atom. The molecule has 0 radical (unpaired) electrons. The van der Waals surface area contributed by atoms with E-state index in [0.29, 0.717) is 6.54 Å². The average molecular weight is 426 g/mol. The number of fused-ring (bicyclic) bond motifs is 1. The molecule has 3 aliphatic rings. The predicted octanol–water partition coefficient (Wildman–Crippen LogP) is 3.27. The molecule has 0 saturated carbocycles. The highest BCUT2D eigenvalue weighted by Crippen LogP contribution is 2.34. The summed E-state index contributed by atoms with van der Waals surface area (Å²) >= 11 is 0. The molecule has 2 aliphatic heterocycles. The van der Waals surface area contributed by atoms with Crippen LogP contribution < -0.4 is 5.32 Å². The van der Waals surface area contributed by atoms with Crippen LogP contribution in [-0.4, -0.2) is 58.3 Å². The monoisotopic (exact) mass is 425 g/mol. The van der Waals surface area contributed by atoms with Gasteiger partial charge in [0.15, 0.2) is 0 Å². The van der Waals surface area contributed by atoms with Gasteiger partial charge in [-0.3, -0.25) is 9.59 Å². The molecule has 0 bridgehead atoms. The summed E-state index contributed by atoms with van der Waals surface area (Å²) in [5, 5.41) is 3.25. The first-order chi connectivity index (χ1) is 14.9. The largest absolute Gasteiger partial charge is 0.373 e. The van der Waals surface area contributed by atoms with Gasteiger partial charge in [0, 0.05) is 57.4 Å². The van der Waals surface area contributed by atoms with Crippen molar-refractivity contribution in [1.82, 2.24) is 19.8 Å². The van der Waals surface area contributed by atoms with Crippen molar-refractivity contribution in [2.45, 2.75) is 71.8 Å². The van der Waals surface area contributed by atoms with Gasteiger partial charge in [-0.05, 0) is 46.0 Å². The Kier molecular flexibility index (Phi) is 6.30. The van der Waals surface area contributed by atoms with Crippen molar-refractivity contribution < 1.29 is 9.59 Å². The summed E-state index contributed by atoms with van der Waals surface area (Å²) in [6, 6.07) is 0. The fraction of sp³-hybridized carbons (Fsp3) is 0.667. The van der Waals surface area contributed by atoms with Crippen LogP contribution in [0.25, 0.3) is 0 Å². The fourth-order valence-electron chi connectivity index (χ4n) is 5.18. The number of nitrogens with one attached hydrogen (secondary N) is 1. The van der Waals surface area contributed by atoms with E-state index in [1.54, 1.807) is 6.92 Å². The zero-order valence-electron chi connectivity index (χ0n) is 19.3. The molecule has 1 unspecified atom stereocenters. The third-order valence-corrected chi connectivity index (χ3v) is 7.43. The normalized spacial score (nSPS) is 22.4. The number of aromatic nitrogens is 2. The molecule has 1 saturated heterocycles. The van der Waals surface area contributed by atoms with E-state index >= 15 is 0 Å². The molecule has 7 nitrogen and oxygen atoms in total. The van der Waals surface area contributed by atoms with E-state index < -0.39 is 0 Å². The van der Waals surface area contributed by atoms with Crippen molar-refractivity contribution in [2.24, 2.45) is 5.92 Å². The lowest BCUT2D eigenvalue weighted by molar-refractivity contribution is -0.137. The van der Waals surface area contributed by atoms with Crippen molar-refractivity contribution in [1.29, 1.82) is 0 Å². The van der Waals surface area contributed by atoms with Crippen LogP contribution >= 0.6 is 0 Å². The van der Waals surface area contributed by atoms with Crippen LogP contribution in [0.1, 0.15) is 75.9 Å². The standard InChI is InChI=1S/C24H35N5O2/c1-15-5-6-19(13-16(15)2)24(31)29-12-9-21-20(14-29)23(25-4)27-22(26-21)18-7-10-28(11-8-18)17(3)30/h18-19H,5-14H2,1-4H3,(H,25,26,27). The summed E-state index contributed by atoms with van der Waals surface area (Å²) in [4.78, 5) is 38.6. The van der Waals surface area contributed by atoms with E-state index in [2.05, 4.69) is 19.2 Å². The van der Waals surface area contributed by atoms with E-state index in [1.165, 1.54) is 11.1 Å². The Labute approximate surface area is 185 Å². The van der Waals surface area contributed by atoms with Gasteiger partial charge < -0.3 is 15.1 Å². The number of amides is 2. The zero-order chi connectivity index (χ0) is 22.1. The molecule has 1 aliphatic carbocycles. The average Bonchev–Trinajstić information content (AvgIpc) is 2.79. The first-order valence-corrected chi connectivity index (χ1v) is 11.6. The topological polar surface area (TPSA) is 78.4 Å². The molecule has 168 valence electrons. The highest BCUT2D eigenvalue weighted by atomic mass is 16.2. The van der Waals surface area contributed by atoms with Crippen LogP contribution in [0.3, 0.4) is 0 Å². The Balaban J connectivity index is 1.49. The third-order valence-electron chi connectivity index (χ3n) is 7.43. The molecular weight excluding hydrogens is 390 g/mol. The molecule has 1 fully saturated rings. The Bertz CT molecular complexity index is 884. The van der Waals surface area contributed by atoms with Gasteiger partial charge in [0.2, 0.25) is 11.8 Å². The highest BCUT2D eigenvalue weighted by molar-refractivity contribution is 5.80. The molecule has 31 heavy (non-hydrogen) atoms. The van der Waals surface area contributed by atoms with Gasteiger partial charge in [0.1, 0.15) is 11.6 Å². The van der Waals surface area contributed by atoms with Gasteiger partial charge in [-0.25, -0.2) is 9.97 Å². The molecule has 2 amide bonds. The lowest BCUT2D eigenvalue weighted by atomic mass is 9.84. The van der Waals surface area contributed by atoms with E-state index in [1.807, 2.05) is 16.8 Å². The second-order valence-corrected chi connectivity index (χ2v) is 9.40. The number of hydrogen-bond acceptors (Lipinski definition) is 5. The van der Waals surface area contributed by atoms with Gasteiger partial charge in [0.05, 0.1) is 12.2 Å². The number of allylic oxidation sites excluding steroid dienone is 2. The maximum absolute atomic E-state index is 13.2. The first kappa shape index (κ1) is 21.8. The number of likely N-dealkylation sites (tertiary alicyclic amines) is 1. The maximum atomic E-state index is 13.2. The number of rotatable bonds is 3. The Morgan fingerprint density at radius 3 is 2.35 bits per heavy atom. The van der Waals surface area contributed by atoms with Crippen molar-refractivity contribution >= 4 is 17.6 Å². The van der Waals surface area contributed by atoms with Crippen LogP contribution in [0, 0.1) is 5.92 Å². The fourth-order valence-corrected chi connectivity index (χ4v) is 5.18. The number of carbonyl (C=O) groups excluding carboxylic acids is 2. The Hall–Kier alpha value is -2.44. The molecule has 0 spiro atoms. The van der Waals surface area contributed by atoms with Gasteiger partial charge in [0.25, 0.3) is 0 Å². The summed E-state index contributed by atoms with van der Waals surface area (Å²) < 4.78 is 0. The molecule has 1 atom stereocenters. The summed E-state index contributed by atoms with van der Waals surface area (Å²) in [5.74, 6) is 2.55. The number of anilines is 1. The smallest absolute Gasteiger partial charge is 0.226 e. The summed E-state index contributed by atoms with van der Waals surface area (Å²) in [6.45, 7) is 8.84. The summed E-state index contributed by atoms with van der Waals surface area (Å²) in [7, 11) is 1.89. The van der Waals surface area contributed by atoms with Crippen molar-refractivity contribution in [3.8, 4) is 0 Å². The molecular formula is C24H35N5O2. The minimum atomic E-state index is 0.106. The van der Waals surface area contributed by atoms with Gasteiger partial charge in [-0.15, -0.1) is 0 Å². The molecule has 0 aromatic carbocycles. The van der Waals surface area contributed by atoms with Crippen LogP contribution in [0.5, 0.6) is 0 Å². The molecule has 3 heterocycles. The predicted molar refractivity (Wildman–Crippen MR) is 121 cm³/mol. The van der Waals surface area contributed by atoms with Crippen LogP contribution in [0.15, 0.2) is 11.1 Å². The maximum Gasteiger partial charge on any atom is 0.226 e. The molecule has 7 heteroatoms. The SMILES string of the molecule is CNc1nc(C2CCN(C(C)=O)CC2)nc2c1CN(C(=O)C1CCC(C)=C(C)C1)CC2. The van der Waals surface area contributed by atoms with Gasteiger partial charge in [-0.1, -0.05) is 11.1 Å². The van der Waals surface area contributed by atoms with Gasteiger partial charge >= 0.3 is 0 Å². The quantitative estimate of drug-likeness (QED) is 0.752. The lowest BCUT2D eigenvalue weighted by Gasteiger charge is -2.35. The van der Waals surface area contributed by atoms with Crippen LogP contribution in [0.2, 0.25) is 0 Å². The minimum absolute atomic E-state index is 0.106. The number of nitrogens with zero attached hydrogens (tertiary/aromatic N) is 4. The summed E-state index contributed by atoms with van der Waals surface area (Å²) in [6.07, 6.45) is 5.46. The van der Waals surface area contributed by atoms with E-state index in [9.17, 15) is 9.59 Å². The summed E-state index contributed by atoms with van der Waals surface area (Å²) in [5.41, 5.74) is 4.96. The van der Waals surface area contributed by atoms with Gasteiger partial charge in [-0.2, -0.15) is 0 Å². The van der Waals surface area contributed by atoms with Crippen molar-refractivity contribution in [3.63, 3.8) is 0 Å². The number of carbonyl (C=O) groups is 2. The second-order valence-electron chi connectivity index (χ2n) is 9.40. The van der Waals surface area contributed by atoms with E-state index in [-0.39, 0.29) is 23.7 Å². The van der Waals surface area contributed by atoms with E-state index in [0.717, 1.165) is 81.1 Å².